The normalized spacial score (nSPS) is 19.2. The molecule has 0 spiro atoms. The Morgan fingerprint density at radius 3 is 2.69 bits per heavy atom. The maximum absolute atomic E-state index is 12.9. The van der Waals surface area contributed by atoms with Crippen LogP contribution in [0.2, 0.25) is 0 Å². The minimum Gasteiger partial charge on any atom is -0.340 e. The van der Waals surface area contributed by atoms with E-state index in [1.165, 1.54) is 5.56 Å². The highest BCUT2D eigenvalue weighted by molar-refractivity contribution is 5.81. The maximum Gasteiger partial charge on any atom is 0.273 e. The van der Waals surface area contributed by atoms with E-state index >= 15 is 0 Å². The van der Waals surface area contributed by atoms with Crippen LogP contribution in [0.15, 0.2) is 35.1 Å². The van der Waals surface area contributed by atoms with Crippen LogP contribution in [0.5, 0.6) is 0 Å². The van der Waals surface area contributed by atoms with Gasteiger partial charge in [0.1, 0.15) is 0 Å². The Balaban J connectivity index is 1.49. The number of nitrogens with zero attached hydrogens (tertiary/aromatic N) is 3. The summed E-state index contributed by atoms with van der Waals surface area (Å²) in [5.74, 6) is 0.268. The summed E-state index contributed by atoms with van der Waals surface area (Å²) in [6.07, 6.45) is 0.948. The molecule has 1 aromatic carbocycles. The molecule has 1 fully saturated rings. The van der Waals surface area contributed by atoms with Gasteiger partial charge in [0.25, 0.3) is 5.56 Å². The van der Waals surface area contributed by atoms with Crippen LogP contribution in [0.25, 0.3) is 11.0 Å². The summed E-state index contributed by atoms with van der Waals surface area (Å²) in [5.41, 5.74) is 10.8. The fourth-order valence-electron chi connectivity index (χ4n) is 4.49. The van der Waals surface area contributed by atoms with Crippen molar-refractivity contribution < 1.29 is 4.79 Å². The molecule has 152 valence electrons. The van der Waals surface area contributed by atoms with Gasteiger partial charge in [0.15, 0.2) is 5.65 Å². The lowest BCUT2D eigenvalue weighted by molar-refractivity contribution is -0.130. The van der Waals surface area contributed by atoms with Gasteiger partial charge in [-0.15, -0.1) is 0 Å². The lowest BCUT2D eigenvalue weighted by Gasteiger charge is -2.17. The third-order valence-corrected chi connectivity index (χ3v) is 6.11. The summed E-state index contributed by atoms with van der Waals surface area (Å²) in [4.78, 5) is 31.6. The molecule has 0 saturated carbocycles. The zero-order valence-corrected chi connectivity index (χ0v) is 17.1. The molecule has 29 heavy (non-hydrogen) atoms. The smallest absolute Gasteiger partial charge is 0.273 e. The first-order chi connectivity index (χ1) is 13.9. The Labute approximate surface area is 169 Å². The number of hydrogen-bond acceptors (Lipinski definition) is 4. The highest BCUT2D eigenvalue weighted by Crippen LogP contribution is 2.27. The highest BCUT2D eigenvalue weighted by atomic mass is 16.2. The van der Waals surface area contributed by atoms with Crippen LogP contribution in [0.1, 0.15) is 34.7 Å². The van der Waals surface area contributed by atoms with Crippen molar-refractivity contribution >= 4 is 16.9 Å². The molecule has 1 aliphatic rings. The summed E-state index contributed by atoms with van der Waals surface area (Å²) in [6, 6.07) is 10.1. The SMILES string of the molecule is Cc1nc2c(c(C)c1CCC(=O)N1C[C@@H](N)[C@H](c3ccccc3)C1)c(=O)[nH]n2C. The minimum atomic E-state index is -0.142. The molecule has 0 radical (unpaired) electrons. The van der Waals surface area contributed by atoms with Crippen LogP contribution in [0.3, 0.4) is 0 Å². The molecule has 2 aromatic heterocycles. The van der Waals surface area contributed by atoms with Gasteiger partial charge in [-0.05, 0) is 37.0 Å². The Morgan fingerprint density at radius 1 is 1.24 bits per heavy atom. The zero-order valence-electron chi connectivity index (χ0n) is 17.1. The number of hydrogen-bond donors (Lipinski definition) is 2. The lowest BCUT2D eigenvalue weighted by Crippen LogP contribution is -2.32. The van der Waals surface area contributed by atoms with Crippen molar-refractivity contribution in [3.8, 4) is 0 Å². The van der Waals surface area contributed by atoms with Gasteiger partial charge in [0, 0.05) is 44.2 Å². The van der Waals surface area contributed by atoms with E-state index in [2.05, 4.69) is 22.2 Å². The van der Waals surface area contributed by atoms with Crippen molar-refractivity contribution in [2.75, 3.05) is 13.1 Å². The number of benzene rings is 1. The topological polar surface area (TPSA) is 97.0 Å². The Hall–Kier alpha value is -2.93. The Kier molecular flexibility index (Phi) is 5.00. The van der Waals surface area contributed by atoms with Crippen LogP contribution in [0.4, 0.5) is 0 Å². The van der Waals surface area contributed by atoms with Crippen molar-refractivity contribution in [2.45, 2.75) is 38.6 Å². The third-order valence-electron chi connectivity index (χ3n) is 6.11. The predicted molar refractivity (Wildman–Crippen MR) is 113 cm³/mol. The summed E-state index contributed by atoms with van der Waals surface area (Å²) < 4.78 is 1.64. The molecular weight excluding hydrogens is 366 g/mol. The quantitative estimate of drug-likeness (QED) is 0.706. The van der Waals surface area contributed by atoms with E-state index in [1.54, 1.807) is 11.7 Å². The average Bonchev–Trinajstić information content (AvgIpc) is 3.21. The van der Waals surface area contributed by atoms with Gasteiger partial charge in [-0.1, -0.05) is 30.3 Å². The van der Waals surface area contributed by atoms with Gasteiger partial charge in [0.2, 0.25) is 5.91 Å². The lowest BCUT2D eigenvalue weighted by atomic mass is 9.95. The second-order valence-electron chi connectivity index (χ2n) is 7.98. The van der Waals surface area contributed by atoms with Gasteiger partial charge in [0.05, 0.1) is 5.39 Å². The molecule has 2 atom stereocenters. The van der Waals surface area contributed by atoms with Crippen molar-refractivity contribution in [2.24, 2.45) is 12.8 Å². The first kappa shape index (κ1) is 19.4. The third kappa shape index (κ3) is 3.46. The number of rotatable bonds is 4. The molecule has 3 aromatic rings. The average molecular weight is 393 g/mol. The molecule has 1 aliphatic heterocycles. The number of carbonyl (C=O) groups excluding carboxylic acids is 1. The van der Waals surface area contributed by atoms with Crippen molar-refractivity contribution in [1.29, 1.82) is 0 Å². The number of H-pyrrole nitrogens is 1. The van der Waals surface area contributed by atoms with Gasteiger partial charge >= 0.3 is 0 Å². The van der Waals surface area contributed by atoms with E-state index < -0.39 is 0 Å². The van der Waals surface area contributed by atoms with Crippen molar-refractivity contribution in [3.63, 3.8) is 0 Å². The number of aromatic amines is 1. The Morgan fingerprint density at radius 2 is 1.97 bits per heavy atom. The number of fused-ring (bicyclic) bond motifs is 1. The van der Waals surface area contributed by atoms with Crippen molar-refractivity contribution in [1.82, 2.24) is 19.7 Å². The number of pyridine rings is 1. The van der Waals surface area contributed by atoms with Crippen LogP contribution in [-0.4, -0.2) is 44.7 Å². The largest absolute Gasteiger partial charge is 0.340 e. The van der Waals surface area contributed by atoms with E-state index in [0.29, 0.717) is 37.0 Å². The fourth-order valence-corrected chi connectivity index (χ4v) is 4.49. The molecular formula is C22H27N5O2. The zero-order chi connectivity index (χ0) is 20.7. The molecule has 0 bridgehead atoms. The number of amides is 1. The molecule has 3 N–H and O–H groups in total. The number of nitrogens with one attached hydrogen (secondary N) is 1. The first-order valence-electron chi connectivity index (χ1n) is 10.00. The molecule has 1 amide bonds. The molecule has 1 saturated heterocycles. The van der Waals surface area contributed by atoms with Crippen LogP contribution in [-0.2, 0) is 18.3 Å². The fraction of sp³-hybridized carbons (Fsp3) is 0.409. The first-order valence-corrected chi connectivity index (χ1v) is 10.00. The van der Waals surface area contributed by atoms with Gasteiger partial charge in [-0.2, -0.15) is 0 Å². The van der Waals surface area contributed by atoms with Crippen LogP contribution in [0, 0.1) is 13.8 Å². The standard InChI is InChI=1S/C22H27N5O2/c1-13-16(14(2)24-21-20(13)22(29)25-26(21)3)9-10-19(28)27-11-17(18(23)12-27)15-7-5-4-6-8-15/h4-8,17-18H,9-12,23H2,1-3H3,(H,25,29)/t17-,18+/m0/s1. The summed E-state index contributed by atoms with van der Waals surface area (Å²) in [6.45, 7) is 5.09. The second-order valence-corrected chi connectivity index (χ2v) is 7.98. The van der Waals surface area contributed by atoms with E-state index in [0.717, 1.165) is 16.8 Å². The predicted octanol–water partition coefficient (Wildman–Crippen LogP) is 1.76. The summed E-state index contributed by atoms with van der Waals surface area (Å²) in [7, 11) is 1.78. The molecule has 3 heterocycles. The summed E-state index contributed by atoms with van der Waals surface area (Å²) >= 11 is 0. The second kappa shape index (κ2) is 7.48. The highest BCUT2D eigenvalue weighted by Gasteiger charge is 2.33. The molecule has 4 rings (SSSR count). The van der Waals surface area contributed by atoms with E-state index in [-0.39, 0.29) is 23.4 Å². The number of aryl methyl sites for hydroxylation is 3. The van der Waals surface area contributed by atoms with E-state index in [9.17, 15) is 9.59 Å². The Bertz CT molecular complexity index is 1120. The molecule has 7 heteroatoms. The van der Waals surface area contributed by atoms with E-state index in [1.807, 2.05) is 36.9 Å². The monoisotopic (exact) mass is 393 g/mol. The van der Waals surface area contributed by atoms with Gasteiger partial charge < -0.3 is 10.6 Å². The molecule has 7 nitrogen and oxygen atoms in total. The van der Waals surface area contributed by atoms with Crippen molar-refractivity contribution in [3.05, 3.63) is 63.1 Å². The van der Waals surface area contributed by atoms with Gasteiger partial charge in [-0.25, -0.2) is 4.98 Å². The van der Waals surface area contributed by atoms with Crippen LogP contribution >= 0.6 is 0 Å². The number of aromatic nitrogens is 3. The number of likely N-dealkylation sites (tertiary alicyclic amines) is 1. The minimum absolute atomic E-state index is 0.0503. The number of nitrogens with two attached hydrogens (primary N) is 1. The van der Waals surface area contributed by atoms with Crippen LogP contribution < -0.4 is 11.3 Å². The van der Waals surface area contributed by atoms with E-state index in [4.69, 9.17) is 5.73 Å². The number of carbonyl (C=O) groups is 1. The molecule has 0 unspecified atom stereocenters. The molecule has 0 aliphatic carbocycles. The maximum atomic E-state index is 12.9. The van der Waals surface area contributed by atoms with Gasteiger partial charge in [-0.3, -0.25) is 19.4 Å². The summed E-state index contributed by atoms with van der Waals surface area (Å²) in [5, 5.41) is 3.36.